The number of oxazole rings is 1. The number of anilines is 1. The van der Waals surface area contributed by atoms with Crippen molar-refractivity contribution in [3.05, 3.63) is 90.0 Å². The van der Waals surface area contributed by atoms with E-state index in [1.807, 2.05) is 0 Å². The average molecular weight is 692 g/mol. The quantitative estimate of drug-likeness (QED) is 0.155. The number of furan rings is 1. The van der Waals surface area contributed by atoms with Crippen molar-refractivity contribution in [1.82, 2.24) is 10.3 Å². The highest BCUT2D eigenvalue weighted by molar-refractivity contribution is 7.92. The molecule has 1 unspecified atom stereocenters. The molecule has 14 heteroatoms. The van der Waals surface area contributed by atoms with Crippen LogP contribution in [0.2, 0.25) is 0 Å². The monoisotopic (exact) mass is 691 g/mol. The van der Waals surface area contributed by atoms with Crippen molar-refractivity contribution in [1.29, 1.82) is 0 Å². The zero-order valence-corrected chi connectivity index (χ0v) is 27.3. The van der Waals surface area contributed by atoms with Gasteiger partial charge in [0.05, 0.1) is 42.8 Å². The smallest absolute Gasteiger partial charge is 0.255 e. The molecule has 0 aliphatic heterocycles. The van der Waals surface area contributed by atoms with E-state index in [1.165, 1.54) is 56.6 Å². The Labute approximate surface area is 279 Å². The van der Waals surface area contributed by atoms with E-state index >= 15 is 0 Å². The van der Waals surface area contributed by atoms with E-state index in [0.717, 1.165) is 10.6 Å². The van der Waals surface area contributed by atoms with Gasteiger partial charge in [0.25, 0.3) is 5.91 Å². The number of sulfonamides is 1. The minimum Gasteiger partial charge on any atom is -0.496 e. The van der Waals surface area contributed by atoms with E-state index in [9.17, 15) is 32.2 Å². The predicted molar refractivity (Wildman–Crippen MR) is 180 cm³/mol. The lowest BCUT2D eigenvalue weighted by Gasteiger charge is -2.27. The summed E-state index contributed by atoms with van der Waals surface area (Å²) < 4.78 is 73.7. The minimum absolute atomic E-state index is 0.00938. The Balaban J connectivity index is 1.66. The molecule has 11 nitrogen and oxygen atoms in total. The van der Waals surface area contributed by atoms with Gasteiger partial charge < -0.3 is 29.1 Å². The van der Waals surface area contributed by atoms with Crippen molar-refractivity contribution in [2.24, 2.45) is 0 Å². The highest BCUT2D eigenvalue weighted by Gasteiger charge is 2.29. The van der Waals surface area contributed by atoms with Gasteiger partial charge in [0, 0.05) is 36.2 Å². The number of nitrogens with one attached hydrogen (secondary N) is 1. The molecule has 0 saturated heterocycles. The number of nitrogens with zero attached hydrogens (tertiary/aromatic N) is 2. The molecule has 6 aromatic rings. The number of benzene rings is 4. The molecule has 0 saturated carbocycles. The van der Waals surface area contributed by atoms with Gasteiger partial charge in [-0.3, -0.25) is 9.10 Å². The first-order valence-electron chi connectivity index (χ1n) is 15.0. The molecule has 0 aliphatic carbocycles. The number of hydrogen-bond donors (Lipinski definition) is 3. The molecule has 0 aliphatic rings. The van der Waals surface area contributed by atoms with Crippen LogP contribution in [0.1, 0.15) is 16.8 Å². The second-order valence-corrected chi connectivity index (χ2v) is 13.1. The van der Waals surface area contributed by atoms with Crippen LogP contribution < -0.4 is 14.4 Å². The van der Waals surface area contributed by atoms with Crippen LogP contribution in [-0.2, 0) is 10.0 Å². The maximum atomic E-state index is 14.6. The number of carbonyl (C=O) groups is 1. The molecule has 0 bridgehead atoms. The first kappa shape index (κ1) is 33.6. The molecule has 6 rings (SSSR count). The number of aromatic nitrogens is 1. The fourth-order valence-corrected chi connectivity index (χ4v) is 6.59. The minimum atomic E-state index is -4.08. The summed E-state index contributed by atoms with van der Waals surface area (Å²) in [6, 6.07) is 17.6. The molecule has 49 heavy (non-hydrogen) atoms. The normalized spacial score (nSPS) is 12.4. The number of para-hydroxylation sites is 1. The number of methoxy groups -OCH3 is 1. The Morgan fingerprint density at radius 3 is 2.39 bits per heavy atom. The first-order valence-corrected chi connectivity index (χ1v) is 16.9. The van der Waals surface area contributed by atoms with Crippen molar-refractivity contribution in [3.63, 3.8) is 0 Å². The Kier molecular flexibility index (Phi) is 9.12. The molecular formula is C35H31F2N3O8S. The van der Waals surface area contributed by atoms with Crippen LogP contribution in [0.4, 0.5) is 14.5 Å². The van der Waals surface area contributed by atoms with E-state index in [4.69, 9.17) is 13.6 Å². The van der Waals surface area contributed by atoms with Crippen molar-refractivity contribution in [3.8, 4) is 39.7 Å². The highest BCUT2D eigenvalue weighted by atomic mass is 32.2. The van der Waals surface area contributed by atoms with Crippen LogP contribution in [0.3, 0.4) is 0 Å². The SMILES string of the molecule is CNC(=O)c1c(-c2ccc(F)cc2)oc2cc(N(CC(O)CCO)S(C)(=O)=O)c(-c3ccc(OC)c(-c4nc5c(F)cccc5o4)c3)cc12. The van der Waals surface area contributed by atoms with Gasteiger partial charge in [0.15, 0.2) is 11.4 Å². The second kappa shape index (κ2) is 13.3. The van der Waals surface area contributed by atoms with Crippen molar-refractivity contribution in [2.75, 3.05) is 37.9 Å². The van der Waals surface area contributed by atoms with Gasteiger partial charge in [-0.2, -0.15) is 0 Å². The summed E-state index contributed by atoms with van der Waals surface area (Å²) in [5, 5.41) is 23.0. The number of carbonyl (C=O) groups excluding carboxylic acids is 1. The Morgan fingerprint density at radius 2 is 1.73 bits per heavy atom. The molecule has 254 valence electrons. The standard InChI is InChI=1S/C35H31F2N3O8S/c1-38-34(43)31-24-16-23(20-9-12-28(46-2)25(15-20)35-39-32-26(37)5-4-6-29(32)48-35)27(40(49(3,44)45)18-22(42)13-14-41)17-30(24)47-33(31)19-7-10-21(36)11-8-19/h4-12,15-17,22,41-42H,13-14,18H2,1-3H3,(H,38,43). The van der Waals surface area contributed by atoms with E-state index < -0.39 is 40.2 Å². The first-order chi connectivity index (χ1) is 23.4. The lowest BCUT2D eigenvalue weighted by atomic mass is 9.96. The summed E-state index contributed by atoms with van der Waals surface area (Å²) in [4.78, 5) is 17.7. The third-order valence-corrected chi connectivity index (χ3v) is 9.13. The lowest BCUT2D eigenvalue weighted by Crippen LogP contribution is -2.37. The van der Waals surface area contributed by atoms with E-state index in [0.29, 0.717) is 27.8 Å². The summed E-state index contributed by atoms with van der Waals surface area (Å²) >= 11 is 0. The molecule has 2 aromatic heterocycles. The second-order valence-electron chi connectivity index (χ2n) is 11.2. The fraction of sp³-hybridized carbons (Fsp3) is 0.200. The molecule has 0 fully saturated rings. The highest BCUT2D eigenvalue weighted by Crippen LogP contribution is 2.44. The van der Waals surface area contributed by atoms with Crippen LogP contribution in [0.5, 0.6) is 5.75 Å². The molecule has 0 spiro atoms. The van der Waals surface area contributed by atoms with Crippen LogP contribution >= 0.6 is 0 Å². The van der Waals surface area contributed by atoms with Gasteiger partial charge in [-0.1, -0.05) is 12.1 Å². The van der Waals surface area contributed by atoms with Gasteiger partial charge in [-0.15, -0.1) is 0 Å². The van der Waals surface area contributed by atoms with Gasteiger partial charge in [-0.05, 0) is 66.6 Å². The van der Waals surface area contributed by atoms with Crippen molar-refractivity contribution >= 4 is 43.7 Å². The van der Waals surface area contributed by atoms with Crippen LogP contribution in [-0.4, -0.2) is 69.2 Å². The topological polar surface area (TPSA) is 155 Å². The number of ether oxygens (including phenoxy) is 1. The summed E-state index contributed by atoms with van der Waals surface area (Å²) in [5.74, 6) is -1.11. The summed E-state index contributed by atoms with van der Waals surface area (Å²) in [7, 11) is -1.20. The third kappa shape index (κ3) is 6.45. The number of rotatable bonds is 11. The van der Waals surface area contributed by atoms with E-state index in [1.54, 1.807) is 30.3 Å². The Hall–Kier alpha value is -5.31. The van der Waals surface area contributed by atoms with Crippen LogP contribution in [0.15, 0.2) is 81.6 Å². The molecule has 1 atom stereocenters. The van der Waals surface area contributed by atoms with Crippen molar-refractivity contribution in [2.45, 2.75) is 12.5 Å². The van der Waals surface area contributed by atoms with Gasteiger partial charge in [-0.25, -0.2) is 22.2 Å². The van der Waals surface area contributed by atoms with Gasteiger partial charge in [0.2, 0.25) is 15.9 Å². The maximum Gasteiger partial charge on any atom is 0.255 e. The summed E-state index contributed by atoms with van der Waals surface area (Å²) in [5.41, 5.74) is 1.95. The maximum absolute atomic E-state index is 14.6. The molecule has 4 aromatic carbocycles. The Morgan fingerprint density at radius 1 is 1.00 bits per heavy atom. The summed E-state index contributed by atoms with van der Waals surface area (Å²) in [6.45, 7) is -0.800. The zero-order chi connectivity index (χ0) is 35.0. The van der Waals surface area contributed by atoms with Gasteiger partial charge in [0.1, 0.15) is 28.4 Å². The number of aliphatic hydroxyl groups excluding tert-OH is 2. The molecule has 0 radical (unpaired) electrons. The molecule has 2 heterocycles. The molecule has 1 amide bonds. The average Bonchev–Trinajstić information content (AvgIpc) is 3.68. The van der Waals surface area contributed by atoms with Crippen LogP contribution in [0.25, 0.3) is 56.0 Å². The fourth-order valence-electron chi connectivity index (χ4n) is 5.64. The number of fused-ring (bicyclic) bond motifs is 2. The van der Waals surface area contributed by atoms with Crippen molar-refractivity contribution < 1.29 is 45.8 Å². The number of aliphatic hydroxyl groups is 2. The Bertz CT molecular complexity index is 2300. The summed E-state index contributed by atoms with van der Waals surface area (Å²) in [6.07, 6.45) is -0.362. The van der Waals surface area contributed by atoms with Crippen LogP contribution in [0, 0.1) is 11.6 Å². The molecular weight excluding hydrogens is 660 g/mol. The molecule has 3 N–H and O–H groups in total. The van der Waals surface area contributed by atoms with E-state index in [-0.39, 0.29) is 58.2 Å². The number of hydrogen-bond acceptors (Lipinski definition) is 9. The van der Waals surface area contributed by atoms with E-state index in [2.05, 4.69) is 10.3 Å². The predicted octanol–water partition coefficient (Wildman–Crippen LogP) is 5.73. The number of amides is 1. The lowest BCUT2D eigenvalue weighted by molar-refractivity contribution is 0.0964. The largest absolute Gasteiger partial charge is 0.496 e. The third-order valence-electron chi connectivity index (χ3n) is 7.99. The number of halogens is 2. The zero-order valence-electron chi connectivity index (χ0n) is 26.5. The van der Waals surface area contributed by atoms with Gasteiger partial charge >= 0.3 is 0 Å².